The molecule has 2 atom stereocenters. The van der Waals surface area contributed by atoms with E-state index in [0.29, 0.717) is 24.3 Å². The summed E-state index contributed by atoms with van der Waals surface area (Å²) < 4.78 is 5.76. The molecule has 1 aliphatic heterocycles. The Bertz CT molecular complexity index is 311. The summed E-state index contributed by atoms with van der Waals surface area (Å²) >= 11 is 0. The van der Waals surface area contributed by atoms with Gasteiger partial charge in [0.2, 0.25) is 0 Å². The highest BCUT2D eigenvalue weighted by Gasteiger charge is 2.37. The lowest BCUT2D eigenvalue weighted by Crippen LogP contribution is -2.47. The predicted octanol–water partition coefficient (Wildman–Crippen LogP) is 1.49. The fourth-order valence-corrected chi connectivity index (χ4v) is 3.09. The van der Waals surface area contributed by atoms with Gasteiger partial charge in [-0.3, -0.25) is 4.79 Å². The molecule has 2 aliphatic carbocycles. The summed E-state index contributed by atoms with van der Waals surface area (Å²) in [5.74, 6) is 0.297. The van der Waals surface area contributed by atoms with Crippen molar-refractivity contribution in [1.82, 2.24) is 4.90 Å². The first-order valence-corrected chi connectivity index (χ1v) is 5.96. The summed E-state index contributed by atoms with van der Waals surface area (Å²) in [6, 6.07) is 0.552. The minimum Gasteiger partial charge on any atom is -0.374 e. The van der Waals surface area contributed by atoms with Crippen LogP contribution >= 0.6 is 0 Å². The molecular weight excluding hydrogens is 190 g/mol. The topological polar surface area (TPSA) is 29.5 Å². The molecule has 2 unspecified atom stereocenters. The SMILES string of the molecule is O=C1C=C(N2CCOC3CCCC32)CC1. The van der Waals surface area contributed by atoms with Crippen LogP contribution < -0.4 is 0 Å². The van der Waals surface area contributed by atoms with Gasteiger partial charge in [0.25, 0.3) is 0 Å². The van der Waals surface area contributed by atoms with Gasteiger partial charge in [0.15, 0.2) is 5.78 Å². The van der Waals surface area contributed by atoms with E-state index in [9.17, 15) is 4.79 Å². The first-order valence-electron chi connectivity index (χ1n) is 5.96. The lowest BCUT2D eigenvalue weighted by atomic mass is 10.1. The molecule has 0 aromatic carbocycles. The number of carbonyl (C=O) groups excluding carboxylic acids is 1. The Hall–Kier alpha value is -0.830. The maximum absolute atomic E-state index is 11.3. The number of nitrogens with zero attached hydrogens (tertiary/aromatic N) is 1. The number of morpholine rings is 1. The third kappa shape index (κ3) is 1.59. The van der Waals surface area contributed by atoms with Gasteiger partial charge in [0.05, 0.1) is 18.8 Å². The van der Waals surface area contributed by atoms with E-state index in [2.05, 4.69) is 4.90 Å². The molecule has 0 radical (unpaired) electrons. The summed E-state index contributed by atoms with van der Waals surface area (Å²) in [5.41, 5.74) is 1.26. The van der Waals surface area contributed by atoms with Gasteiger partial charge in [0, 0.05) is 24.7 Å². The molecule has 15 heavy (non-hydrogen) atoms. The van der Waals surface area contributed by atoms with Crippen LogP contribution in [0.3, 0.4) is 0 Å². The highest BCUT2D eigenvalue weighted by atomic mass is 16.5. The number of hydrogen-bond donors (Lipinski definition) is 0. The number of rotatable bonds is 1. The van der Waals surface area contributed by atoms with Crippen LogP contribution in [0.1, 0.15) is 32.1 Å². The van der Waals surface area contributed by atoms with Crippen molar-refractivity contribution >= 4 is 5.78 Å². The molecule has 3 rings (SSSR count). The van der Waals surface area contributed by atoms with E-state index in [-0.39, 0.29) is 0 Å². The average molecular weight is 207 g/mol. The van der Waals surface area contributed by atoms with Crippen molar-refractivity contribution in [2.24, 2.45) is 0 Å². The summed E-state index contributed by atoms with van der Waals surface area (Å²) in [6.45, 7) is 1.80. The summed E-state index contributed by atoms with van der Waals surface area (Å²) in [6.07, 6.45) is 7.63. The second-order valence-corrected chi connectivity index (χ2v) is 4.70. The zero-order chi connectivity index (χ0) is 10.3. The zero-order valence-corrected chi connectivity index (χ0v) is 8.95. The first kappa shape index (κ1) is 9.40. The van der Waals surface area contributed by atoms with Gasteiger partial charge in [-0.05, 0) is 25.7 Å². The Balaban J connectivity index is 1.79. The van der Waals surface area contributed by atoms with Gasteiger partial charge in [-0.1, -0.05) is 0 Å². The number of hydrogen-bond acceptors (Lipinski definition) is 3. The molecule has 0 aromatic rings. The van der Waals surface area contributed by atoms with E-state index < -0.39 is 0 Å². The third-order valence-electron chi connectivity index (χ3n) is 3.81. The van der Waals surface area contributed by atoms with Crippen molar-refractivity contribution in [1.29, 1.82) is 0 Å². The quantitative estimate of drug-likeness (QED) is 0.652. The van der Waals surface area contributed by atoms with Crippen molar-refractivity contribution in [2.45, 2.75) is 44.2 Å². The zero-order valence-electron chi connectivity index (χ0n) is 8.95. The van der Waals surface area contributed by atoms with Crippen molar-refractivity contribution in [3.8, 4) is 0 Å². The predicted molar refractivity (Wildman–Crippen MR) is 56.4 cm³/mol. The lowest BCUT2D eigenvalue weighted by Gasteiger charge is -2.40. The molecule has 3 aliphatic rings. The normalized spacial score (nSPS) is 35.6. The molecule has 3 heteroatoms. The smallest absolute Gasteiger partial charge is 0.157 e. The van der Waals surface area contributed by atoms with Crippen LogP contribution in [0.15, 0.2) is 11.8 Å². The fraction of sp³-hybridized carbons (Fsp3) is 0.750. The molecular formula is C12H17NO2. The first-order chi connectivity index (χ1) is 7.34. The van der Waals surface area contributed by atoms with Gasteiger partial charge in [-0.25, -0.2) is 0 Å². The highest BCUT2D eigenvalue weighted by Crippen LogP contribution is 2.34. The average Bonchev–Trinajstić information content (AvgIpc) is 2.84. The Morgan fingerprint density at radius 2 is 2.27 bits per heavy atom. The fourth-order valence-electron chi connectivity index (χ4n) is 3.09. The van der Waals surface area contributed by atoms with Gasteiger partial charge < -0.3 is 9.64 Å². The molecule has 0 bridgehead atoms. The van der Waals surface area contributed by atoms with Gasteiger partial charge in [-0.15, -0.1) is 0 Å². The molecule has 2 fully saturated rings. The van der Waals surface area contributed by atoms with Crippen molar-refractivity contribution in [3.63, 3.8) is 0 Å². The van der Waals surface area contributed by atoms with E-state index in [1.165, 1.54) is 25.0 Å². The lowest BCUT2D eigenvalue weighted by molar-refractivity contribution is -0.114. The molecule has 0 aromatic heterocycles. The van der Waals surface area contributed by atoms with Gasteiger partial charge in [-0.2, -0.15) is 0 Å². The number of ketones is 1. The minimum absolute atomic E-state index is 0.297. The third-order valence-corrected chi connectivity index (χ3v) is 3.81. The summed E-state index contributed by atoms with van der Waals surface area (Å²) in [7, 11) is 0. The number of allylic oxidation sites excluding steroid dienone is 2. The van der Waals surface area contributed by atoms with Crippen LogP contribution in [0.25, 0.3) is 0 Å². The van der Waals surface area contributed by atoms with Gasteiger partial charge in [0.1, 0.15) is 0 Å². The maximum Gasteiger partial charge on any atom is 0.157 e. The molecule has 1 saturated carbocycles. The van der Waals surface area contributed by atoms with Crippen LogP contribution in [0.2, 0.25) is 0 Å². The Kier molecular flexibility index (Phi) is 2.28. The van der Waals surface area contributed by atoms with E-state index in [0.717, 1.165) is 19.6 Å². The maximum atomic E-state index is 11.3. The molecule has 3 nitrogen and oxygen atoms in total. The van der Waals surface area contributed by atoms with Crippen LogP contribution in [0, 0.1) is 0 Å². The summed E-state index contributed by atoms with van der Waals surface area (Å²) in [4.78, 5) is 13.7. The van der Waals surface area contributed by atoms with Gasteiger partial charge >= 0.3 is 0 Å². The van der Waals surface area contributed by atoms with Crippen molar-refractivity contribution < 1.29 is 9.53 Å². The second-order valence-electron chi connectivity index (χ2n) is 4.70. The Morgan fingerprint density at radius 1 is 1.33 bits per heavy atom. The van der Waals surface area contributed by atoms with E-state index in [4.69, 9.17) is 4.74 Å². The monoisotopic (exact) mass is 207 g/mol. The van der Waals surface area contributed by atoms with Crippen LogP contribution in [0.4, 0.5) is 0 Å². The molecule has 1 heterocycles. The van der Waals surface area contributed by atoms with E-state index in [1.807, 2.05) is 6.08 Å². The second kappa shape index (κ2) is 3.63. The van der Waals surface area contributed by atoms with Crippen LogP contribution in [-0.4, -0.2) is 36.0 Å². The number of ether oxygens (including phenoxy) is 1. The molecule has 0 amide bonds. The van der Waals surface area contributed by atoms with E-state index in [1.54, 1.807) is 0 Å². The standard InChI is InChI=1S/C12H17NO2/c14-10-5-4-9(8-10)13-6-7-15-12-3-1-2-11(12)13/h8,11-12H,1-7H2. The summed E-state index contributed by atoms with van der Waals surface area (Å²) in [5, 5.41) is 0. The molecule has 82 valence electrons. The van der Waals surface area contributed by atoms with Crippen LogP contribution in [0.5, 0.6) is 0 Å². The van der Waals surface area contributed by atoms with Crippen molar-refractivity contribution in [2.75, 3.05) is 13.2 Å². The van der Waals surface area contributed by atoms with Crippen molar-refractivity contribution in [3.05, 3.63) is 11.8 Å². The molecule has 0 N–H and O–H groups in total. The van der Waals surface area contributed by atoms with E-state index >= 15 is 0 Å². The largest absolute Gasteiger partial charge is 0.374 e. The minimum atomic E-state index is 0.297. The Labute approximate surface area is 90.1 Å². The van der Waals surface area contributed by atoms with Crippen LogP contribution in [-0.2, 0) is 9.53 Å². The highest BCUT2D eigenvalue weighted by molar-refractivity contribution is 5.92. The molecule has 1 saturated heterocycles. The number of carbonyl (C=O) groups is 1. The number of fused-ring (bicyclic) bond motifs is 1. The molecule has 0 spiro atoms. The Morgan fingerprint density at radius 3 is 3.07 bits per heavy atom.